The van der Waals surface area contributed by atoms with Crippen LogP contribution in [0.5, 0.6) is 11.5 Å². The van der Waals surface area contributed by atoms with Gasteiger partial charge in [0.1, 0.15) is 17.3 Å². The Labute approximate surface area is 250 Å². The molecule has 1 aliphatic carbocycles. The third-order valence-electron chi connectivity index (χ3n) is 8.20. The first-order valence-corrected chi connectivity index (χ1v) is 15.3. The Morgan fingerprint density at radius 3 is 2.26 bits per heavy atom. The molecule has 0 aromatic heterocycles. The van der Waals surface area contributed by atoms with E-state index >= 15 is 0 Å². The van der Waals surface area contributed by atoms with Gasteiger partial charge in [-0.1, -0.05) is 44.4 Å². The highest BCUT2D eigenvalue weighted by Gasteiger charge is 2.37. The maximum absolute atomic E-state index is 14.7. The van der Waals surface area contributed by atoms with Crippen LogP contribution in [0.1, 0.15) is 82.3 Å². The van der Waals surface area contributed by atoms with Crippen LogP contribution in [0.25, 0.3) is 6.08 Å². The van der Waals surface area contributed by atoms with Gasteiger partial charge in [0.2, 0.25) is 0 Å². The van der Waals surface area contributed by atoms with Gasteiger partial charge in [-0.2, -0.15) is 17.6 Å². The van der Waals surface area contributed by atoms with Crippen molar-refractivity contribution in [2.75, 3.05) is 13.2 Å². The summed E-state index contributed by atoms with van der Waals surface area (Å²) in [4.78, 5) is 0. The summed E-state index contributed by atoms with van der Waals surface area (Å²) in [6.45, 7) is 3.83. The molecular weight excluding hydrogens is 567 g/mol. The average Bonchev–Trinajstić information content (AvgIpc) is 2.99. The zero-order chi connectivity index (χ0) is 30.7. The van der Waals surface area contributed by atoms with Gasteiger partial charge in [0, 0.05) is 11.8 Å². The van der Waals surface area contributed by atoms with Crippen LogP contribution in [0.15, 0.2) is 60.9 Å². The third kappa shape index (κ3) is 10.3. The van der Waals surface area contributed by atoms with Gasteiger partial charge >= 0.3 is 12.2 Å². The molecule has 236 valence electrons. The lowest BCUT2D eigenvalue weighted by molar-refractivity contribution is -0.230. The smallest absolute Gasteiger partial charge is 0.429 e. The molecule has 2 aliphatic rings. The summed E-state index contributed by atoms with van der Waals surface area (Å²) in [5, 5.41) is 0. The molecular formula is C34H41F5O4. The van der Waals surface area contributed by atoms with E-state index in [1.807, 2.05) is 6.08 Å². The van der Waals surface area contributed by atoms with Crippen LogP contribution in [0.4, 0.5) is 22.0 Å². The van der Waals surface area contributed by atoms with Gasteiger partial charge in [0.15, 0.2) is 12.6 Å². The molecule has 0 atom stereocenters. The molecule has 0 amide bonds. The molecule has 1 saturated heterocycles. The van der Waals surface area contributed by atoms with E-state index in [2.05, 4.69) is 11.7 Å². The van der Waals surface area contributed by atoms with Crippen molar-refractivity contribution < 1.29 is 40.9 Å². The van der Waals surface area contributed by atoms with Gasteiger partial charge in [-0.25, -0.2) is 4.39 Å². The maximum atomic E-state index is 14.7. The first-order chi connectivity index (χ1) is 20.7. The fourth-order valence-corrected chi connectivity index (χ4v) is 5.75. The van der Waals surface area contributed by atoms with Crippen LogP contribution in [0.2, 0.25) is 0 Å². The zero-order valence-electron chi connectivity index (χ0n) is 24.6. The number of hydrogen-bond acceptors (Lipinski definition) is 4. The number of halogens is 5. The van der Waals surface area contributed by atoms with E-state index in [-0.39, 0.29) is 24.1 Å². The van der Waals surface area contributed by atoms with Crippen molar-refractivity contribution >= 4 is 6.08 Å². The Kier molecular flexibility index (Phi) is 12.5. The minimum absolute atomic E-state index is 0.00759. The molecule has 0 spiro atoms. The fraction of sp³-hybridized carbons (Fsp3) is 0.529. The first kappa shape index (κ1) is 33.0. The lowest BCUT2D eigenvalue weighted by Gasteiger charge is -2.37. The molecule has 0 unspecified atom stereocenters. The van der Waals surface area contributed by atoms with E-state index in [1.165, 1.54) is 43.9 Å². The van der Waals surface area contributed by atoms with Gasteiger partial charge in [0.05, 0.1) is 18.8 Å². The van der Waals surface area contributed by atoms with Gasteiger partial charge < -0.3 is 18.9 Å². The van der Waals surface area contributed by atoms with E-state index in [0.29, 0.717) is 23.3 Å². The van der Waals surface area contributed by atoms with Gasteiger partial charge in [-0.15, -0.1) is 0 Å². The molecule has 2 aromatic carbocycles. The van der Waals surface area contributed by atoms with Gasteiger partial charge in [-0.05, 0) is 92.8 Å². The van der Waals surface area contributed by atoms with Crippen molar-refractivity contribution in [3.8, 4) is 11.5 Å². The topological polar surface area (TPSA) is 36.9 Å². The summed E-state index contributed by atoms with van der Waals surface area (Å²) in [7, 11) is 0. The summed E-state index contributed by atoms with van der Waals surface area (Å²) in [6.07, 6.45) is 9.07. The SMILES string of the molecule is CCCCCC1COC(C2CCC(CC/C=C/c3ccc(C(F)(F)Oc4ccc(OC=C(F)F)cc4)c(F)c3)CC2)OC1. The van der Waals surface area contributed by atoms with Crippen molar-refractivity contribution in [1.29, 1.82) is 0 Å². The Bertz CT molecular complexity index is 1180. The molecule has 1 aliphatic heterocycles. The molecule has 9 heteroatoms. The first-order valence-electron chi connectivity index (χ1n) is 15.3. The molecule has 2 aromatic rings. The number of alkyl halides is 2. The van der Waals surface area contributed by atoms with E-state index < -0.39 is 23.6 Å². The number of rotatable bonds is 14. The summed E-state index contributed by atoms with van der Waals surface area (Å²) >= 11 is 0. The lowest BCUT2D eigenvalue weighted by Crippen LogP contribution is -2.38. The standard InChI is InChI=1S/C34H41F5O4/c1-2-3-4-9-26-21-41-33(42-22-26)27-13-10-24(11-14-27)7-5-6-8-25-12-19-30(31(35)20-25)34(38,39)43-29-17-15-28(16-18-29)40-23-32(36)37/h6,8,12,15-20,23-24,26-27,33H,2-5,7,9-11,13-14,21-22H2,1H3/b8-6+. The van der Waals surface area contributed by atoms with Crippen molar-refractivity contribution in [2.24, 2.45) is 17.8 Å². The predicted octanol–water partition coefficient (Wildman–Crippen LogP) is 10.2. The Hall–Kier alpha value is -2.91. The molecule has 1 saturated carbocycles. The molecule has 2 fully saturated rings. The minimum Gasteiger partial charge on any atom is -0.459 e. The van der Waals surface area contributed by atoms with Gasteiger partial charge in [-0.3, -0.25) is 0 Å². The largest absolute Gasteiger partial charge is 0.459 e. The monoisotopic (exact) mass is 608 g/mol. The average molecular weight is 609 g/mol. The van der Waals surface area contributed by atoms with Crippen LogP contribution >= 0.6 is 0 Å². The molecule has 43 heavy (non-hydrogen) atoms. The summed E-state index contributed by atoms with van der Waals surface area (Å²) in [5.74, 6) is 0.235. The lowest BCUT2D eigenvalue weighted by atomic mass is 9.79. The fourth-order valence-electron chi connectivity index (χ4n) is 5.75. The summed E-state index contributed by atoms with van der Waals surface area (Å²) in [5.41, 5.74) is -0.419. The highest BCUT2D eigenvalue weighted by molar-refractivity contribution is 5.50. The van der Waals surface area contributed by atoms with Crippen molar-refractivity contribution in [3.05, 3.63) is 77.8 Å². The highest BCUT2D eigenvalue weighted by atomic mass is 19.3. The molecule has 4 rings (SSSR count). The second-order valence-electron chi connectivity index (χ2n) is 11.5. The normalized spacial score (nSPS) is 22.8. The van der Waals surface area contributed by atoms with Crippen LogP contribution in [0, 0.1) is 23.6 Å². The Morgan fingerprint density at radius 1 is 0.907 bits per heavy atom. The van der Waals surface area contributed by atoms with Crippen molar-refractivity contribution in [3.63, 3.8) is 0 Å². The van der Waals surface area contributed by atoms with E-state index in [4.69, 9.17) is 14.2 Å². The zero-order valence-corrected chi connectivity index (χ0v) is 24.6. The van der Waals surface area contributed by atoms with E-state index in [9.17, 15) is 22.0 Å². The Balaban J connectivity index is 1.18. The number of allylic oxidation sites excluding steroid dienone is 1. The van der Waals surface area contributed by atoms with Crippen LogP contribution in [-0.2, 0) is 15.6 Å². The number of ether oxygens (including phenoxy) is 4. The molecule has 1 heterocycles. The van der Waals surface area contributed by atoms with E-state index in [0.717, 1.165) is 76.0 Å². The van der Waals surface area contributed by atoms with Crippen LogP contribution in [0.3, 0.4) is 0 Å². The minimum atomic E-state index is -3.94. The molecule has 0 radical (unpaired) electrons. The van der Waals surface area contributed by atoms with Crippen LogP contribution < -0.4 is 9.47 Å². The quantitative estimate of drug-likeness (QED) is 0.122. The summed E-state index contributed by atoms with van der Waals surface area (Å²) < 4.78 is 89.8. The van der Waals surface area contributed by atoms with E-state index in [1.54, 1.807) is 6.08 Å². The summed E-state index contributed by atoms with van der Waals surface area (Å²) in [6, 6.07) is 8.10. The van der Waals surface area contributed by atoms with Gasteiger partial charge in [0.25, 0.3) is 0 Å². The maximum Gasteiger partial charge on any atom is 0.429 e. The third-order valence-corrected chi connectivity index (χ3v) is 8.20. The number of unbranched alkanes of at least 4 members (excludes halogenated alkanes) is 2. The molecule has 0 bridgehead atoms. The predicted molar refractivity (Wildman–Crippen MR) is 155 cm³/mol. The molecule has 4 nitrogen and oxygen atoms in total. The van der Waals surface area contributed by atoms with Crippen LogP contribution in [-0.4, -0.2) is 19.5 Å². The highest BCUT2D eigenvalue weighted by Crippen LogP contribution is 2.37. The van der Waals surface area contributed by atoms with Crippen molar-refractivity contribution in [2.45, 2.75) is 83.5 Å². The number of benzene rings is 2. The number of hydrogen-bond donors (Lipinski definition) is 0. The molecule has 0 N–H and O–H groups in total. The second kappa shape index (κ2) is 16.2. The Morgan fingerprint density at radius 2 is 1.60 bits per heavy atom. The second-order valence-corrected chi connectivity index (χ2v) is 11.5. The van der Waals surface area contributed by atoms with Crippen molar-refractivity contribution in [1.82, 2.24) is 0 Å².